The summed E-state index contributed by atoms with van der Waals surface area (Å²) in [5, 5.41) is 0. The second-order valence-electron chi connectivity index (χ2n) is 4.63. The van der Waals surface area contributed by atoms with Gasteiger partial charge in [-0.3, -0.25) is 14.4 Å². The van der Waals surface area contributed by atoms with Gasteiger partial charge in [0.2, 0.25) is 0 Å². The minimum absolute atomic E-state index is 0.0519. The fourth-order valence-electron chi connectivity index (χ4n) is 2.30. The first-order chi connectivity index (χ1) is 9.32. The molecule has 0 radical (unpaired) electrons. The van der Waals surface area contributed by atoms with Gasteiger partial charge >= 0.3 is 6.18 Å². The summed E-state index contributed by atoms with van der Waals surface area (Å²) in [6.45, 7) is 0. The van der Waals surface area contributed by atoms with Gasteiger partial charge in [-0.1, -0.05) is 18.2 Å². The molecule has 1 aromatic carbocycles. The van der Waals surface area contributed by atoms with Crippen LogP contribution in [0.2, 0.25) is 0 Å². The molecule has 20 heavy (non-hydrogen) atoms. The summed E-state index contributed by atoms with van der Waals surface area (Å²) in [5.74, 6) is -3.81. The molecule has 1 aliphatic carbocycles. The lowest BCUT2D eigenvalue weighted by atomic mass is 9.81. The van der Waals surface area contributed by atoms with E-state index in [4.69, 9.17) is 0 Å². The molecular formula is C14H11F3O3. The number of halogens is 3. The first-order valence-electron chi connectivity index (χ1n) is 6.08. The van der Waals surface area contributed by atoms with Crippen LogP contribution in [0.5, 0.6) is 0 Å². The lowest BCUT2D eigenvalue weighted by Crippen LogP contribution is -2.36. The maximum absolute atomic E-state index is 12.8. The van der Waals surface area contributed by atoms with Gasteiger partial charge in [0.05, 0.1) is 5.56 Å². The Labute approximate surface area is 112 Å². The number of hydrogen-bond acceptors (Lipinski definition) is 3. The second-order valence-corrected chi connectivity index (χ2v) is 4.63. The summed E-state index contributed by atoms with van der Waals surface area (Å²) in [6, 6.07) is 4.20. The third-order valence-corrected chi connectivity index (χ3v) is 3.25. The Morgan fingerprint density at radius 2 is 1.60 bits per heavy atom. The molecule has 0 aromatic heterocycles. The molecule has 0 heterocycles. The van der Waals surface area contributed by atoms with Crippen molar-refractivity contribution < 1.29 is 27.6 Å². The normalized spacial score (nSPS) is 17.4. The zero-order valence-electron chi connectivity index (χ0n) is 10.4. The highest BCUT2D eigenvalue weighted by Crippen LogP contribution is 2.33. The Hall–Kier alpha value is -1.98. The molecule has 0 spiro atoms. The molecule has 3 nitrogen and oxygen atoms in total. The molecule has 6 heteroatoms. The lowest BCUT2D eigenvalue weighted by molar-refractivity contribution is -0.139. The molecule has 0 unspecified atom stereocenters. The van der Waals surface area contributed by atoms with E-state index in [2.05, 4.69) is 0 Å². The number of alkyl halides is 3. The molecule has 1 aliphatic rings. The van der Waals surface area contributed by atoms with E-state index in [0.717, 1.165) is 18.2 Å². The molecule has 0 aliphatic heterocycles. The third kappa shape index (κ3) is 2.64. The van der Waals surface area contributed by atoms with Gasteiger partial charge in [-0.25, -0.2) is 0 Å². The van der Waals surface area contributed by atoms with Gasteiger partial charge in [0.15, 0.2) is 17.3 Å². The second kappa shape index (κ2) is 5.19. The standard InChI is InChI=1S/C14H11F3O3/c15-14(16,17)9-5-2-1-4-8(9)13(20)12-10(18)6-3-7-11(12)19/h1-2,4-5,12H,3,6-7H2. The van der Waals surface area contributed by atoms with Crippen LogP contribution >= 0.6 is 0 Å². The molecule has 106 valence electrons. The van der Waals surface area contributed by atoms with Gasteiger partial charge in [0, 0.05) is 18.4 Å². The quantitative estimate of drug-likeness (QED) is 0.620. The van der Waals surface area contributed by atoms with Crippen molar-refractivity contribution in [2.45, 2.75) is 25.4 Å². The highest BCUT2D eigenvalue weighted by Gasteiger charge is 2.41. The lowest BCUT2D eigenvalue weighted by Gasteiger charge is -2.20. The Morgan fingerprint density at radius 3 is 2.15 bits per heavy atom. The van der Waals surface area contributed by atoms with E-state index in [0.29, 0.717) is 6.42 Å². The summed E-state index contributed by atoms with van der Waals surface area (Å²) < 4.78 is 38.5. The molecular weight excluding hydrogens is 273 g/mol. The molecule has 2 rings (SSSR count). The predicted octanol–water partition coefficient (Wildman–Crippen LogP) is 2.83. The zero-order chi connectivity index (χ0) is 14.9. The molecule has 0 amide bonds. The number of benzene rings is 1. The van der Waals surface area contributed by atoms with Crippen LogP contribution in [0.4, 0.5) is 13.2 Å². The van der Waals surface area contributed by atoms with Crippen LogP contribution < -0.4 is 0 Å². The van der Waals surface area contributed by atoms with Crippen LogP contribution in [0.3, 0.4) is 0 Å². The van der Waals surface area contributed by atoms with Gasteiger partial charge in [-0.05, 0) is 12.5 Å². The Bertz CT molecular complexity index is 559. The van der Waals surface area contributed by atoms with Crippen LogP contribution in [0.25, 0.3) is 0 Å². The number of ketones is 3. The summed E-state index contributed by atoms with van der Waals surface area (Å²) in [6.07, 6.45) is -4.25. The van der Waals surface area contributed by atoms with Gasteiger partial charge in [0.1, 0.15) is 5.92 Å². The van der Waals surface area contributed by atoms with E-state index >= 15 is 0 Å². The summed E-state index contributed by atoms with van der Waals surface area (Å²) in [7, 11) is 0. The minimum Gasteiger partial charge on any atom is -0.298 e. The number of carbonyl (C=O) groups excluding carboxylic acids is 3. The van der Waals surface area contributed by atoms with Crippen molar-refractivity contribution in [2.24, 2.45) is 5.92 Å². The zero-order valence-corrected chi connectivity index (χ0v) is 10.4. The van der Waals surface area contributed by atoms with E-state index < -0.39 is 40.6 Å². The molecule has 0 atom stereocenters. The first kappa shape index (κ1) is 14.4. The fraction of sp³-hybridized carbons (Fsp3) is 0.357. The van der Waals surface area contributed by atoms with Gasteiger partial charge < -0.3 is 0 Å². The maximum Gasteiger partial charge on any atom is 0.417 e. The van der Waals surface area contributed by atoms with Gasteiger partial charge in [0.25, 0.3) is 0 Å². The summed E-state index contributed by atoms with van der Waals surface area (Å²) >= 11 is 0. The van der Waals surface area contributed by atoms with Crippen molar-refractivity contribution in [3.05, 3.63) is 35.4 Å². The van der Waals surface area contributed by atoms with E-state index in [1.807, 2.05) is 0 Å². The molecule has 1 aromatic rings. The molecule has 1 fully saturated rings. The third-order valence-electron chi connectivity index (χ3n) is 3.25. The highest BCUT2D eigenvalue weighted by molar-refractivity contribution is 6.25. The van der Waals surface area contributed by atoms with Crippen LogP contribution in [-0.2, 0) is 15.8 Å². The van der Waals surface area contributed by atoms with E-state index in [1.165, 1.54) is 6.07 Å². The van der Waals surface area contributed by atoms with E-state index in [-0.39, 0.29) is 12.8 Å². The topological polar surface area (TPSA) is 51.2 Å². The number of Topliss-reactive ketones (excluding diaryl/α,β-unsaturated/α-hetero) is 3. The average molecular weight is 284 g/mol. The molecule has 1 saturated carbocycles. The van der Waals surface area contributed by atoms with E-state index in [1.54, 1.807) is 0 Å². The van der Waals surface area contributed by atoms with Crippen LogP contribution in [-0.4, -0.2) is 17.3 Å². The number of hydrogen-bond donors (Lipinski definition) is 0. The molecule has 0 bridgehead atoms. The van der Waals surface area contributed by atoms with Crippen molar-refractivity contribution in [3.8, 4) is 0 Å². The highest BCUT2D eigenvalue weighted by atomic mass is 19.4. The average Bonchev–Trinajstić information content (AvgIpc) is 2.37. The molecule has 0 saturated heterocycles. The van der Waals surface area contributed by atoms with Crippen LogP contribution in [0.1, 0.15) is 35.2 Å². The first-order valence-corrected chi connectivity index (χ1v) is 6.08. The Balaban J connectivity index is 2.44. The van der Waals surface area contributed by atoms with Crippen molar-refractivity contribution >= 4 is 17.3 Å². The van der Waals surface area contributed by atoms with Crippen LogP contribution in [0.15, 0.2) is 24.3 Å². The van der Waals surface area contributed by atoms with Crippen molar-refractivity contribution in [1.29, 1.82) is 0 Å². The fourth-order valence-corrected chi connectivity index (χ4v) is 2.30. The SMILES string of the molecule is O=C1CCCC(=O)C1C(=O)c1ccccc1C(F)(F)F. The van der Waals surface area contributed by atoms with Gasteiger partial charge in [-0.2, -0.15) is 13.2 Å². The van der Waals surface area contributed by atoms with Crippen molar-refractivity contribution in [3.63, 3.8) is 0 Å². The largest absolute Gasteiger partial charge is 0.417 e. The number of carbonyl (C=O) groups is 3. The minimum atomic E-state index is -4.70. The van der Waals surface area contributed by atoms with Crippen molar-refractivity contribution in [2.75, 3.05) is 0 Å². The van der Waals surface area contributed by atoms with Gasteiger partial charge in [-0.15, -0.1) is 0 Å². The van der Waals surface area contributed by atoms with Crippen molar-refractivity contribution in [1.82, 2.24) is 0 Å². The van der Waals surface area contributed by atoms with E-state index in [9.17, 15) is 27.6 Å². The monoisotopic (exact) mass is 284 g/mol. The summed E-state index contributed by atoms with van der Waals surface area (Å²) in [4.78, 5) is 35.5. The Morgan fingerprint density at radius 1 is 1.05 bits per heavy atom. The number of rotatable bonds is 2. The molecule has 0 N–H and O–H groups in total. The van der Waals surface area contributed by atoms with Crippen LogP contribution in [0, 0.1) is 5.92 Å². The summed E-state index contributed by atoms with van der Waals surface area (Å²) in [5.41, 5.74) is -1.73. The Kier molecular flexibility index (Phi) is 3.74. The maximum atomic E-state index is 12.8. The predicted molar refractivity (Wildman–Crippen MR) is 63.1 cm³/mol. The smallest absolute Gasteiger partial charge is 0.298 e.